The van der Waals surface area contributed by atoms with E-state index in [1.54, 1.807) is 17.2 Å². The van der Waals surface area contributed by atoms with Crippen LogP contribution in [0.4, 0.5) is 0 Å². The minimum absolute atomic E-state index is 0.0253. The van der Waals surface area contributed by atoms with Gasteiger partial charge < -0.3 is 10.6 Å². The summed E-state index contributed by atoms with van der Waals surface area (Å²) in [4.78, 5) is 17.9. The van der Waals surface area contributed by atoms with Gasteiger partial charge in [-0.25, -0.2) is 4.98 Å². The first-order valence-corrected chi connectivity index (χ1v) is 6.12. The predicted octanol–water partition coefficient (Wildman–Crippen LogP) is 1.41. The van der Waals surface area contributed by atoms with Crippen molar-refractivity contribution in [3.8, 4) is 0 Å². The standard InChI is InChI=1S/C11H14BrN3O/c12-8-3-4-10(14-6-8)11(16)15-5-1-2-9(13)7-15/h3-4,6,9H,1-2,5,7,13H2/t9-/m1/s1. The van der Waals surface area contributed by atoms with Crippen molar-refractivity contribution < 1.29 is 4.79 Å². The van der Waals surface area contributed by atoms with Crippen LogP contribution in [0.2, 0.25) is 0 Å². The van der Waals surface area contributed by atoms with Crippen LogP contribution in [0.1, 0.15) is 23.3 Å². The summed E-state index contributed by atoms with van der Waals surface area (Å²) in [7, 11) is 0. The molecule has 0 aliphatic carbocycles. The third-order valence-electron chi connectivity index (χ3n) is 2.69. The van der Waals surface area contributed by atoms with Crippen molar-refractivity contribution in [3.63, 3.8) is 0 Å². The summed E-state index contributed by atoms with van der Waals surface area (Å²) in [5.74, 6) is -0.0253. The van der Waals surface area contributed by atoms with Crippen molar-refractivity contribution in [1.29, 1.82) is 0 Å². The SMILES string of the molecule is N[C@@H]1CCCN(C(=O)c2ccc(Br)cn2)C1. The Morgan fingerprint density at radius 1 is 1.56 bits per heavy atom. The van der Waals surface area contributed by atoms with Crippen LogP contribution in [0.5, 0.6) is 0 Å². The van der Waals surface area contributed by atoms with E-state index in [9.17, 15) is 4.79 Å². The van der Waals surface area contributed by atoms with Gasteiger partial charge >= 0.3 is 0 Å². The average molecular weight is 284 g/mol. The van der Waals surface area contributed by atoms with E-state index < -0.39 is 0 Å². The lowest BCUT2D eigenvalue weighted by atomic mass is 10.1. The van der Waals surface area contributed by atoms with Crippen molar-refractivity contribution in [3.05, 3.63) is 28.5 Å². The zero-order chi connectivity index (χ0) is 11.5. The zero-order valence-electron chi connectivity index (χ0n) is 8.90. The molecule has 1 aromatic rings. The van der Waals surface area contributed by atoms with Gasteiger partial charge in [0.15, 0.2) is 0 Å². The lowest BCUT2D eigenvalue weighted by Crippen LogP contribution is -2.45. The molecule has 2 rings (SSSR count). The molecule has 0 unspecified atom stereocenters. The Kier molecular flexibility index (Phi) is 3.56. The van der Waals surface area contributed by atoms with Crippen LogP contribution in [0.3, 0.4) is 0 Å². The second-order valence-corrected chi connectivity index (χ2v) is 4.93. The molecule has 1 aromatic heterocycles. The van der Waals surface area contributed by atoms with Crippen molar-refractivity contribution in [2.24, 2.45) is 5.73 Å². The molecule has 1 atom stereocenters. The van der Waals surface area contributed by atoms with Gasteiger partial charge in [0.05, 0.1) is 0 Å². The van der Waals surface area contributed by atoms with Gasteiger partial charge in [0, 0.05) is 29.8 Å². The highest BCUT2D eigenvalue weighted by Crippen LogP contribution is 2.13. The van der Waals surface area contributed by atoms with E-state index >= 15 is 0 Å². The number of nitrogens with two attached hydrogens (primary N) is 1. The molecule has 0 bridgehead atoms. The number of nitrogens with zero attached hydrogens (tertiary/aromatic N) is 2. The molecule has 4 nitrogen and oxygen atoms in total. The summed E-state index contributed by atoms with van der Waals surface area (Å²) in [6.07, 6.45) is 3.61. The molecular formula is C11H14BrN3O. The predicted molar refractivity (Wildman–Crippen MR) is 65.0 cm³/mol. The third-order valence-corrected chi connectivity index (χ3v) is 3.16. The lowest BCUT2D eigenvalue weighted by molar-refractivity contribution is 0.0703. The third kappa shape index (κ3) is 2.59. The summed E-state index contributed by atoms with van der Waals surface area (Å²) in [6, 6.07) is 3.66. The zero-order valence-corrected chi connectivity index (χ0v) is 10.5. The number of hydrogen-bond donors (Lipinski definition) is 1. The fraction of sp³-hybridized carbons (Fsp3) is 0.455. The number of carbonyl (C=O) groups excluding carboxylic acids is 1. The lowest BCUT2D eigenvalue weighted by Gasteiger charge is -2.30. The van der Waals surface area contributed by atoms with Gasteiger partial charge in [0.25, 0.3) is 5.91 Å². The second-order valence-electron chi connectivity index (χ2n) is 4.02. The maximum absolute atomic E-state index is 12.0. The van der Waals surface area contributed by atoms with Crippen LogP contribution < -0.4 is 5.73 Å². The maximum Gasteiger partial charge on any atom is 0.272 e. The summed E-state index contributed by atoms with van der Waals surface area (Å²) in [5, 5.41) is 0. The van der Waals surface area contributed by atoms with Gasteiger partial charge in [0.1, 0.15) is 5.69 Å². The second kappa shape index (κ2) is 4.93. The van der Waals surface area contributed by atoms with Crippen LogP contribution in [0.25, 0.3) is 0 Å². The van der Waals surface area contributed by atoms with E-state index in [2.05, 4.69) is 20.9 Å². The summed E-state index contributed by atoms with van der Waals surface area (Å²) < 4.78 is 0.874. The monoisotopic (exact) mass is 283 g/mol. The summed E-state index contributed by atoms with van der Waals surface area (Å²) in [6.45, 7) is 1.42. The molecular weight excluding hydrogens is 270 g/mol. The van der Waals surface area contributed by atoms with E-state index in [-0.39, 0.29) is 11.9 Å². The van der Waals surface area contributed by atoms with Crippen molar-refractivity contribution >= 4 is 21.8 Å². The molecule has 1 amide bonds. The molecule has 86 valence electrons. The Morgan fingerprint density at radius 3 is 3.00 bits per heavy atom. The maximum atomic E-state index is 12.0. The van der Waals surface area contributed by atoms with E-state index in [0.29, 0.717) is 12.2 Å². The van der Waals surface area contributed by atoms with Gasteiger partial charge in [-0.1, -0.05) is 0 Å². The average Bonchev–Trinajstić information content (AvgIpc) is 2.29. The number of piperidine rings is 1. The quantitative estimate of drug-likeness (QED) is 0.848. The Labute approximate surface area is 103 Å². The van der Waals surface area contributed by atoms with Crippen LogP contribution in [-0.4, -0.2) is 34.9 Å². The molecule has 16 heavy (non-hydrogen) atoms. The minimum atomic E-state index is -0.0253. The molecule has 2 heterocycles. The topological polar surface area (TPSA) is 59.2 Å². The van der Waals surface area contributed by atoms with E-state index in [4.69, 9.17) is 5.73 Å². The van der Waals surface area contributed by atoms with Gasteiger partial charge in [-0.05, 0) is 40.9 Å². The molecule has 0 spiro atoms. The first kappa shape index (κ1) is 11.5. The first-order chi connectivity index (χ1) is 7.66. The summed E-state index contributed by atoms with van der Waals surface area (Å²) >= 11 is 3.29. The Morgan fingerprint density at radius 2 is 2.38 bits per heavy atom. The smallest absolute Gasteiger partial charge is 0.272 e. The molecule has 0 radical (unpaired) electrons. The van der Waals surface area contributed by atoms with Gasteiger partial charge in [-0.3, -0.25) is 4.79 Å². The number of hydrogen-bond acceptors (Lipinski definition) is 3. The first-order valence-electron chi connectivity index (χ1n) is 5.33. The Hall–Kier alpha value is -0.940. The fourth-order valence-electron chi connectivity index (χ4n) is 1.86. The largest absolute Gasteiger partial charge is 0.336 e. The summed E-state index contributed by atoms with van der Waals surface area (Å²) in [5.41, 5.74) is 6.33. The number of carbonyl (C=O) groups is 1. The van der Waals surface area contributed by atoms with Crippen molar-refractivity contribution in [2.45, 2.75) is 18.9 Å². The van der Waals surface area contributed by atoms with Crippen LogP contribution in [0.15, 0.2) is 22.8 Å². The van der Waals surface area contributed by atoms with Crippen molar-refractivity contribution in [1.82, 2.24) is 9.88 Å². The normalized spacial score (nSPS) is 20.9. The van der Waals surface area contributed by atoms with E-state index in [1.165, 1.54) is 0 Å². The van der Waals surface area contributed by atoms with Gasteiger partial charge in [-0.2, -0.15) is 0 Å². The molecule has 0 aromatic carbocycles. The van der Waals surface area contributed by atoms with Crippen LogP contribution in [0, 0.1) is 0 Å². The highest BCUT2D eigenvalue weighted by Gasteiger charge is 2.22. The minimum Gasteiger partial charge on any atom is -0.336 e. The molecule has 1 aliphatic rings. The molecule has 0 saturated carbocycles. The molecule has 1 aliphatic heterocycles. The molecule has 5 heteroatoms. The number of rotatable bonds is 1. The number of aromatic nitrogens is 1. The van der Waals surface area contributed by atoms with Crippen LogP contribution in [-0.2, 0) is 0 Å². The van der Waals surface area contributed by atoms with E-state index in [1.807, 2.05) is 6.07 Å². The number of amides is 1. The highest BCUT2D eigenvalue weighted by molar-refractivity contribution is 9.10. The van der Waals surface area contributed by atoms with Crippen molar-refractivity contribution in [2.75, 3.05) is 13.1 Å². The number of halogens is 1. The fourth-order valence-corrected chi connectivity index (χ4v) is 2.09. The number of likely N-dealkylation sites (tertiary alicyclic amines) is 1. The Balaban J connectivity index is 2.09. The molecule has 1 saturated heterocycles. The van der Waals surface area contributed by atoms with E-state index in [0.717, 1.165) is 23.9 Å². The van der Waals surface area contributed by atoms with Gasteiger partial charge in [-0.15, -0.1) is 0 Å². The number of pyridine rings is 1. The van der Waals surface area contributed by atoms with Crippen LogP contribution >= 0.6 is 15.9 Å². The molecule has 2 N–H and O–H groups in total. The Bertz CT molecular complexity index is 379. The molecule has 1 fully saturated rings. The van der Waals surface area contributed by atoms with Gasteiger partial charge in [0.2, 0.25) is 0 Å². The highest BCUT2D eigenvalue weighted by atomic mass is 79.9.